The number of rotatable bonds is 8. The number of piperidine rings is 1. The first-order valence-electron chi connectivity index (χ1n) is 10.5. The van der Waals surface area contributed by atoms with Gasteiger partial charge in [0.15, 0.2) is 0 Å². The van der Waals surface area contributed by atoms with Crippen molar-refractivity contribution in [3.8, 4) is 0 Å². The van der Waals surface area contributed by atoms with E-state index in [4.69, 9.17) is 4.74 Å². The Morgan fingerprint density at radius 2 is 1.81 bits per heavy atom. The highest BCUT2D eigenvalue weighted by Crippen LogP contribution is 2.24. The maximum Gasteiger partial charge on any atom is 0.251 e. The summed E-state index contributed by atoms with van der Waals surface area (Å²) >= 11 is 0. The van der Waals surface area contributed by atoms with Crippen LogP contribution in [0.5, 0.6) is 0 Å². The first kappa shape index (κ1) is 23.4. The van der Waals surface area contributed by atoms with Crippen molar-refractivity contribution in [1.29, 1.82) is 0 Å². The molecule has 1 fully saturated rings. The van der Waals surface area contributed by atoms with Crippen LogP contribution in [0.2, 0.25) is 0 Å². The average Bonchev–Trinajstić information content (AvgIpc) is 2.77. The Labute approximate surface area is 183 Å². The molecule has 1 N–H and O–H groups in total. The molecule has 0 unspecified atom stereocenters. The zero-order valence-electron chi connectivity index (χ0n) is 17.9. The molecule has 0 atom stereocenters. The number of benzene rings is 2. The summed E-state index contributed by atoms with van der Waals surface area (Å²) in [4.78, 5) is 12.2. The van der Waals surface area contributed by atoms with E-state index < -0.39 is 26.6 Å². The fourth-order valence-corrected chi connectivity index (χ4v) is 5.07. The molecule has 8 heteroatoms. The molecule has 0 spiro atoms. The molecule has 3 rings (SSSR count). The van der Waals surface area contributed by atoms with Gasteiger partial charge < -0.3 is 10.1 Å². The van der Waals surface area contributed by atoms with Gasteiger partial charge in [-0.25, -0.2) is 12.8 Å². The van der Waals surface area contributed by atoms with Gasteiger partial charge in [-0.3, -0.25) is 4.79 Å². The zero-order valence-corrected chi connectivity index (χ0v) is 18.8. The molecule has 31 heavy (non-hydrogen) atoms. The monoisotopic (exact) mass is 448 g/mol. The molecule has 1 aliphatic heterocycles. The highest BCUT2D eigenvalue weighted by Gasteiger charge is 2.29. The maximum atomic E-state index is 14.4. The first-order valence-corrected chi connectivity index (χ1v) is 12.0. The Bertz CT molecular complexity index is 1020. The summed E-state index contributed by atoms with van der Waals surface area (Å²) in [6, 6.07) is 11.1. The minimum absolute atomic E-state index is 0.108. The molecule has 1 heterocycles. The molecule has 0 saturated carbocycles. The van der Waals surface area contributed by atoms with Crippen LogP contribution in [-0.4, -0.2) is 37.8 Å². The molecule has 0 aromatic heterocycles. The van der Waals surface area contributed by atoms with Crippen molar-refractivity contribution in [2.24, 2.45) is 0 Å². The van der Waals surface area contributed by atoms with E-state index in [0.29, 0.717) is 19.7 Å². The molecular formula is C23H29FN2O4S. The van der Waals surface area contributed by atoms with Gasteiger partial charge in [-0.1, -0.05) is 30.7 Å². The Morgan fingerprint density at radius 1 is 1.10 bits per heavy atom. The third-order valence-electron chi connectivity index (χ3n) is 5.15. The van der Waals surface area contributed by atoms with Crippen LogP contribution in [0.25, 0.3) is 0 Å². The normalized spacial score (nSPS) is 15.2. The number of hydrogen-bond donors (Lipinski definition) is 1. The van der Waals surface area contributed by atoms with Crippen molar-refractivity contribution in [2.75, 3.05) is 13.1 Å². The van der Waals surface area contributed by atoms with Gasteiger partial charge in [-0.05, 0) is 56.0 Å². The van der Waals surface area contributed by atoms with Crippen molar-refractivity contribution in [3.05, 3.63) is 65.0 Å². The molecule has 0 bridgehead atoms. The summed E-state index contributed by atoms with van der Waals surface area (Å²) < 4.78 is 47.0. The second-order valence-corrected chi connectivity index (χ2v) is 9.88. The van der Waals surface area contributed by atoms with E-state index >= 15 is 0 Å². The van der Waals surface area contributed by atoms with Crippen molar-refractivity contribution >= 4 is 15.9 Å². The third kappa shape index (κ3) is 6.12. The summed E-state index contributed by atoms with van der Waals surface area (Å²) in [6.07, 6.45) is 2.59. The van der Waals surface area contributed by atoms with E-state index in [1.165, 1.54) is 10.4 Å². The van der Waals surface area contributed by atoms with Crippen molar-refractivity contribution in [2.45, 2.75) is 57.3 Å². The molecule has 1 amide bonds. The lowest BCUT2D eigenvalue weighted by Crippen LogP contribution is -2.36. The van der Waals surface area contributed by atoms with Gasteiger partial charge >= 0.3 is 0 Å². The lowest BCUT2D eigenvalue weighted by Gasteiger charge is -2.26. The lowest BCUT2D eigenvalue weighted by molar-refractivity contribution is 0.0657. The predicted octanol–water partition coefficient (Wildman–Crippen LogP) is 3.86. The number of nitrogens with one attached hydrogen (secondary N) is 1. The van der Waals surface area contributed by atoms with Gasteiger partial charge in [-0.2, -0.15) is 4.31 Å². The molecule has 2 aromatic carbocycles. The summed E-state index contributed by atoms with van der Waals surface area (Å²) in [5.74, 6) is -1.31. The van der Waals surface area contributed by atoms with Gasteiger partial charge in [0.1, 0.15) is 10.7 Å². The van der Waals surface area contributed by atoms with Crippen molar-refractivity contribution in [1.82, 2.24) is 9.62 Å². The molecule has 1 saturated heterocycles. The summed E-state index contributed by atoms with van der Waals surface area (Å²) in [7, 11) is -3.97. The molecule has 6 nitrogen and oxygen atoms in total. The number of halogens is 1. The smallest absolute Gasteiger partial charge is 0.251 e. The van der Waals surface area contributed by atoms with Crippen LogP contribution < -0.4 is 5.32 Å². The van der Waals surface area contributed by atoms with Gasteiger partial charge in [-0.15, -0.1) is 0 Å². The van der Waals surface area contributed by atoms with Crippen molar-refractivity contribution < 1.29 is 22.3 Å². The molecular weight excluding hydrogens is 419 g/mol. The fraction of sp³-hybridized carbons (Fsp3) is 0.435. The topological polar surface area (TPSA) is 75.7 Å². The van der Waals surface area contributed by atoms with E-state index in [1.807, 2.05) is 38.1 Å². The highest BCUT2D eigenvalue weighted by atomic mass is 32.2. The van der Waals surface area contributed by atoms with E-state index in [-0.39, 0.29) is 18.2 Å². The molecule has 168 valence electrons. The summed E-state index contributed by atoms with van der Waals surface area (Å²) in [5, 5.41) is 2.77. The van der Waals surface area contributed by atoms with Gasteiger partial charge in [0.2, 0.25) is 10.0 Å². The molecule has 2 aromatic rings. The van der Waals surface area contributed by atoms with Crippen LogP contribution in [0.3, 0.4) is 0 Å². The number of nitrogens with zero attached hydrogens (tertiary/aromatic N) is 1. The number of sulfonamides is 1. The van der Waals surface area contributed by atoms with E-state index in [0.717, 1.165) is 42.5 Å². The van der Waals surface area contributed by atoms with Crippen LogP contribution in [0.4, 0.5) is 4.39 Å². The minimum atomic E-state index is -3.97. The molecule has 0 aliphatic carbocycles. The SMILES string of the molecule is CC(C)OCc1cccc(CNC(=O)c2ccc(F)c(S(=O)(=O)N3CCCCC3)c2)c1. The Morgan fingerprint density at radius 3 is 2.52 bits per heavy atom. The van der Waals surface area contributed by atoms with E-state index in [9.17, 15) is 17.6 Å². The Hall–Kier alpha value is -2.29. The minimum Gasteiger partial charge on any atom is -0.374 e. The number of carbonyl (C=O) groups excluding carboxylic acids is 1. The number of hydrogen-bond acceptors (Lipinski definition) is 4. The second-order valence-electron chi connectivity index (χ2n) is 7.97. The standard InChI is InChI=1S/C23H29FN2O4S/c1-17(2)30-16-19-8-6-7-18(13-19)15-25-23(27)20-9-10-21(24)22(14-20)31(28,29)26-11-4-3-5-12-26/h6-10,13-14,17H,3-5,11-12,15-16H2,1-2H3,(H,25,27). The lowest BCUT2D eigenvalue weighted by atomic mass is 10.1. The first-order chi connectivity index (χ1) is 14.8. The number of amides is 1. The Balaban J connectivity index is 1.70. The largest absolute Gasteiger partial charge is 0.374 e. The van der Waals surface area contributed by atoms with E-state index in [1.54, 1.807) is 0 Å². The average molecular weight is 449 g/mol. The predicted molar refractivity (Wildman–Crippen MR) is 117 cm³/mol. The maximum absolute atomic E-state index is 14.4. The zero-order chi connectivity index (χ0) is 22.4. The van der Waals surface area contributed by atoms with Crippen molar-refractivity contribution in [3.63, 3.8) is 0 Å². The second kappa shape index (κ2) is 10.3. The quantitative estimate of drug-likeness (QED) is 0.666. The Kier molecular flexibility index (Phi) is 7.80. The van der Waals surface area contributed by atoms with E-state index in [2.05, 4.69) is 5.32 Å². The van der Waals surface area contributed by atoms with Crippen LogP contribution in [-0.2, 0) is 27.9 Å². The molecule has 1 aliphatic rings. The fourth-order valence-electron chi connectivity index (χ4n) is 3.46. The van der Waals surface area contributed by atoms with Gasteiger partial charge in [0.25, 0.3) is 5.91 Å². The highest BCUT2D eigenvalue weighted by molar-refractivity contribution is 7.89. The number of carbonyl (C=O) groups is 1. The summed E-state index contributed by atoms with van der Waals surface area (Å²) in [5.41, 5.74) is 2.00. The summed E-state index contributed by atoms with van der Waals surface area (Å²) in [6.45, 7) is 5.41. The van der Waals surface area contributed by atoms with Crippen LogP contribution in [0.1, 0.15) is 54.6 Å². The van der Waals surface area contributed by atoms with Gasteiger partial charge in [0.05, 0.1) is 12.7 Å². The van der Waals surface area contributed by atoms with Crippen LogP contribution in [0, 0.1) is 5.82 Å². The van der Waals surface area contributed by atoms with Crippen LogP contribution in [0.15, 0.2) is 47.4 Å². The molecule has 0 radical (unpaired) electrons. The van der Waals surface area contributed by atoms with Crippen LogP contribution >= 0.6 is 0 Å². The number of ether oxygens (including phenoxy) is 1. The third-order valence-corrected chi connectivity index (χ3v) is 7.07. The van der Waals surface area contributed by atoms with Gasteiger partial charge in [0, 0.05) is 25.2 Å².